The van der Waals surface area contributed by atoms with Gasteiger partial charge >= 0.3 is 0 Å². The van der Waals surface area contributed by atoms with E-state index in [0.29, 0.717) is 19.8 Å². The highest BCUT2D eigenvalue weighted by Crippen LogP contribution is 1.90. The molecule has 0 bridgehead atoms. The van der Waals surface area contributed by atoms with E-state index in [-0.39, 0.29) is 37.1 Å². The average Bonchev–Trinajstić information content (AvgIpc) is 2.26. The standard InChI is InChI=1S/C13H24N2O4/c1-4-6-19-7-5-14-13(18)10-15(8-11(2)16)9-12(3)17/h4-10H2,1-3H3,(H,14,18). The molecule has 0 rings (SSSR count). The lowest BCUT2D eigenvalue weighted by atomic mass is 10.3. The summed E-state index contributed by atoms with van der Waals surface area (Å²) in [6.45, 7) is 6.74. The molecule has 0 saturated heterocycles. The van der Waals surface area contributed by atoms with Crippen LogP contribution >= 0.6 is 0 Å². The quantitative estimate of drug-likeness (QED) is 0.536. The largest absolute Gasteiger partial charge is 0.380 e. The molecule has 0 radical (unpaired) electrons. The van der Waals surface area contributed by atoms with E-state index in [1.54, 1.807) is 0 Å². The molecular formula is C13H24N2O4. The number of rotatable bonds is 11. The predicted molar refractivity (Wildman–Crippen MR) is 71.9 cm³/mol. The molecule has 0 aliphatic heterocycles. The van der Waals surface area contributed by atoms with Gasteiger partial charge < -0.3 is 10.1 Å². The Morgan fingerprint density at radius 3 is 2.05 bits per heavy atom. The SMILES string of the molecule is CCCOCCNC(=O)CN(CC(C)=O)CC(C)=O. The van der Waals surface area contributed by atoms with Crippen molar-refractivity contribution >= 4 is 17.5 Å². The van der Waals surface area contributed by atoms with Crippen molar-refractivity contribution in [3.8, 4) is 0 Å². The first kappa shape index (κ1) is 17.7. The highest BCUT2D eigenvalue weighted by Gasteiger charge is 2.13. The minimum absolute atomic E-state index is 0.0485. The van der Waals surface area contributed by atoms with Gasteiger partial charge in [0, 0.05) is 13.2 Å². The fourth-order valence-electron chi connectivity index (χ4n) is 1.57. The van der Waals surface area contributed by atoms with Crippen molar-refractivity contribution in [2.45, 2.75) is 27.2 Å². The summed E-state index contributed by atoms with van der Waals surface area (Å²) in [5.74, 6) is -0.344. The molecule has 0 aliphatic rings. The molecule has 0 saturated carbocycles. The van der Waals surface area contributed by atoms with Gasteiger partial charge in [-0.3, -0.25) is 19.3 Å². The molecule has 19 heavy (non-hydrogen) atoms. The molecule has 0 unspecified atom stereocenters. The Hall–Kier alpha value is -1.27. The van der Waals surface area contributed by atoms with Crippen molar-refractivity contribution in [2.75, 3.05) is 39.4 Å². The first-order valence-electron chi connectivity index (χ1n) is 6.51. The van der Waals surface area contributed by atoms with Crippen molar-refractivity contribution in [2.24, 2.45) is 0 Å². The summed E-state index contributed by atoms with van der Waals surface area (Å²) in [4.78, 5) is 35.2. The highest BCUT2D eigenvalue weighted by molar-refractivity contribution is 5.83. The van der Waals surface area contributed by atoms with Gasteiger partial charge in [0.25, 0.3) is 0 Å². The summed E-state index contributed by atoms with van der Waals surface area (Å²) in [5, 5.41) is 2.69. The Labute approximate surface area is 114 Å². The first-order chi connectivity index (χ1) is 8.95. The van der Waals surface area contributed by atoms with Gasteiger partial charge in [0.2, 0.25) is 5.91 Å². The maximum absolute atomic E-state index is 11.6. The average molecular weight is 272 g/mol. The molecule has 6 heteroatoms. The van der Waals surface area contributed by atoms with E-state index >= 15 is 0 Å². The summed E-state index contributed by atoms with van der Waals surface area (Å²) in [6.07, 6.45) is 0.943. The molecule has 0 spiro atoms. The smallest absolute Gasteiger partial charge is 0.234 e. The summed E-state index contributed by atoms with van der Waals surface area (Å²) < 4.78 is 5.23. The molecule has 110 valence electrons. The lowest BCUT2D eigenvalue weighted by Crippen LogP contribution is -2.42. The number of ketones is 2. The van der Waals surface area contributed by atoms with Crippen LogP contribution in [0.1, 0.15) is 27.2 Å². The summed E-state index contributed by atoms with van der Waals surface area (Å²) in [5.41, 5.74) is 0. The molecule has 0 aliphatic carbocycles. The van der Waals surface area contributed by atoms with Gasteiger partial charge in [-0.2, -0.15) is 0 Å². The Morgan fingerprint density at radius 2 is 1.58 bits per heavy atom. The van der Waals surface area contributed by atoms with Crippen LogP contribution in [0.5, 0.6) is 0 Å². The first-order valence-corrected chi connectivity index (χ1v) is 6.51. The molecular weight excluding hydrogens is 248 g/mol. The third-order valence-electron chi connectivity index (χ3n) is 2.18. The molecule has 0 atom stereocenters. The number of nitrogens with one attached hydrogen (secondary N) is 1. The lowest BCUT2D eigenvalue weighted by molar-refractivity contribution is -0.125. The molecule has 6 nitrogen and oxygen atoms in total. The number of hydrogen-bond acceptors (Lipinski definition) is 5. The van der Waals surface area contributed by atoms with Crippen LogP contribution in [-0.2, 0) is 19.1 Å². The van der Waals surface area contributed by atoms with Crippen molar-refractivity contribution in [3.63, 3.8) is 0 Å². The number of amides is 1. The van der Waals surface area contributed by atoms with E-state index in [2.05, 4.69) is 5.32 Å². The van der Waals surface area contributed by atoms with Crippen LogP contribution in [0.25, 0.3) is 0 Å². The monoisotopic (exact) mass is 272 g/mol. The van der Waals surface area contributed by atoms with E-state index in [4.69, 9.17) is 4.74 Å². The Bertz CT molecular complexity index is 289. The summed E-state index contributed by atoms with van der Waals surface area (Å²) in [7, 11) is 0. The van der Waals surface area contributed by atoms with Gasteiger partial charge in [-0.25, -0.2) is 0 Å². The minimum Gasteiger partial charge on any atom is -0.380 e. The van der Waals surface area contributed by atoms with E-state index in [1.165, 1.54) is 18.7 Å². The van der Waals surface area contributed by atoms with Crippen LogP contribution in [0.15, 0.2) is 0 Å². The highest BCUT2D eigenvalue weighted by atomic mass is 16.5. The molecule has 0 aromatic rings. The normalized spacial score (nSPS) is 10.5. The minimum atomic E-state index is -0.206. The molecule has 0 fully saturated rings. The number of Topliss-reactive ketones (excluding diaryl/α,β-unsaturated/α-hetero) is 2. The molecule has 0 aromatic heterocycles. The van der Waals surface area contributed by atoms with Crippen molar-refractivity contribution in [3.05, 3.63) is 0 Å². The van der Waals surface area contributed by atoms with Crippen LogP contribution < -0.4 is 5.32 Å². The van der Waals surface area contributed by atoms with E-state index in [1.807, 2.05) is 6.92 Å². The third kappa shape index (κ3) is 11.5. The fraction of sp³-hybridized carbons (Fsp3) is 0.769. The van der Waals surface area contributed by atoms with Crippen molar-refractivity contribution in [1.29, 1.82) is 0 Å². The number of ether oxygens (including phenoxy) is 1. The van der Waals surface area contributed by atoms with Gasteiger partial charge in [0.05, 0.1) is 26.2 Å². The fourth-order valence-corrected chi connectivity index (χ4v) is 1.57. The zero-order valence-corrected chi connectivity index (χ0v) is 12.0. The maximum atomic E-state index is 11.6. The number of carbonyl (C=O) groups excluding carboxylic acids is 3. The van der Waals surface area contributed by atoms with Gasteiger partial charge in [-0.1, -0.05) is 6.92 Å². The Balaban J connectivity index is 3.94. The van der Waals surface area contributed by atoms with Crippen LogP contribution in [0.2, 0.25) is 0 Å². The van der Waals surface area contributed by atoms with Gasteiger partial charge in [0.1, 0.15) is 11.6 Å². The molecule has 0 heterocycles. The number of carbonyl (C=O) groups is 3. The van der Waals surface area contributed by atoms with E-state index < -0.39 is 0 Å². The number of nitrogens with zero attached hydrogens (tertiary/aromatic N) is 1. The van der Waals surface area contributed by atoms with Gasteiger partial charge in [-0.05, 0) is 20.3 Å². The van der Waals surface area contributed by atoms with Crippen LogP contribution in [0.3, 0.4) is 0 Å². The van der Waals surface area contributed by atoms with E-state index in [0.717, 1.165) is 6.42 Å². The van der Waals surface area contributed by atoms with Gasteiger partial charge in [0.15, 0.2) is 0 Å². The van der Waals surface area contributed by atoms with Crippen LogP contribution in [0.4, 0.5) is 0 Å². The molecule has 0 aromatic carbocycles. The van der Waals surface area contributed by atoms with Crippen molar-refractivity contribution in [1.82, 2.24) is 10.2 Å². The van der Waals surface area contributed by atoms with E-state index in [9.17, 15) is 14.4 Å². The third-order valence-corrected chi connectivity index (χ3v) is 2.18. The lowest BCUT2D eigenvalue weighted by Gasteiger charge is -2.18. The van der Waals surface area contributed by atoms with Gasteiger partial charge in [-0.15, -0.1) is 0 Å². The molecule has 1 amide bonds. The second kappa shape index (κ2) is 10.6. The zero-order valence-electron chi connectivity index (χ0n) is 12.0. The van der Waals surface area contributed by atoms with Crippen LogP contribution in [0, 0.1) is 0 Å². The van der Waals surface area contributed by atoms with Crippen molar-refractivity contribution < 1.29 is 19.1 Å². The van der Waals surface area contributed by atoms with Crippen LogP contribution in [-0.4, -0.2) is 61.8 Å². The Kier molecular flexibility index (Phi) is 9.92. The maximum Gasteiger partial charge on any atom is 0.234 e. The number of hydrogen-bond donors (Lipinski definition) is 1. The Morgan fingerprint density at radius 1 is 1.00 bits per heavy atom. The predicted octanol–water partition coefficient (Wildman–Crippen LogP) is 0.00920. The molecule has 1 N–H and O–H groups in total. The topological polar surface area (TPSA) is 75.7 Å². The second-order valence-electron chi connectivity index (χ2n) is 4.51. The summed E-state index contributed by atoms with van der Waals surface area (Å²) in [6, 6.07) is 0. The second-order valence-corrected chi connectivity index (χ2v) is 4.51. The summed E-state index contributed by atoms with van der Waals surface area (Å²) >= 11 is 0. The zero-order chi connectivity index (χ0) is 14.7.